The molecule has 0 saturated heterocycles. The van der Waals surface area contributed by atoms with Gasteiger partial charge in [0.1, 0.15) is 12.2 Å². The van der Waals surface area contributed by atoms with Crippen molar-refractivity contribution >= 4 is 11.9 Å². The Kier molecular flexibility index (Phi) is 12.1. The summed E-state index contributed by atoms with van der Waals surface area (Å²) in [4.78, 5) is 27.9. The highest BCUT2D eigenvalue weighted by atomic mass is 16.6. The molecule has 1 saturated carbocycles. The van der Waals surface area contributed by atoms with Gasteiger partial charge in [0.25, 0.3) is 18.0 Å². The van der Waals surface area contributed by atoms with E-state index in [9.17, 15) is 20.3 Å². The molecule has 0 bridgehead atoms. The fourth-order valence-electron chi connectivity index (χ4n) is 1.82. The van der Waals surface area contributed by atoms with Gasteiger partial charge in [0.2, 0.25) is 0 Å². The molecule has 130 valence electrons. The largest absolute Gasteiger partial charge is 0.481 e. The molecule has 22 heavy (non-hydrogen) atoms. The van der Waals surface area contributed by atoms with Gasteiger partial charge in [0.05, 0.1) is 6.10 Å². The van der Waals surface area contributed by atoms with Crippen molar-refractivity contribution in [3.8, 4) is 0 Å². The molecule has 0 aromatic rings. The number of aliphatic hydroxyl groups is 2. The second-order valence-corrected chi connectivity index (χ2v) is 4.50. The van der Waals surface area contributed by atoms with Crippen LogP contribution in [0.4, 0.5) is 0 Å². The Labute approximate surface area is 127 Å². The lowest BCUT2D eigenvalue weighted by Gasteiger charge is -2.31. The van der Waals surface area contributed by atoms with E-state index in [1.165, 1.54) is 0 Å². The molecule has 0 aromatic heterocycles. The maximum Gasteiger partial charge on any atom is 0.300 e. The quantitative estimate of drug-likeness (QED) is 0.403. The number of aliphatic hydroxyl groups excluding tert-OH is 2. The zero-order chi connectivity index (χ0) is 17.9. The van der Waals surface area contributed by atoms with Gasteiger partial charge in [0, 0.05) is 38.2 Å². The summed E-state index contributed by atoms with van der Waals surface area (Å²) in [7, 11) is 0. The fraction of sp³-hybridized carbons (Fsp3) is 0.833. The standard InChI is InChI=1S/C8H15NO5.2C2H4O2/c1-2-14-5-3-6(10)8(9(12)13)7(11)4-5;2*1-2(3)4/h5-8,10-11H,2-4H2,1H3;2*1H3,(H,3,4). The van der Waals surface area contributed by atoms with E-state index >= 15 is 0 Å². The maximum absolute atomic E-state index is 10.5. The molecule has 1 rings (SSSR count). The molecule has 0 amide bonds. The van der Waals surface area contributed by atoms with Crippen LogP contribution in [0, 0.1) is 10.1 Å². The Morgan fingerprint density at radius 3 is 1.68 bits per heavy atom. The number of aliphatic carboxylic acids is 2. The number of nitrogens with zero attached hydrogens (tertiary/aromatic N) is 1. The van der Waals surface area contributed by atoms with Crippen LogP contribution in [0.3, 0.4) is 0 Å². The molecule has 0 aliphatic heterocycles. The number of nitro groups is 1. The van der Waals surface area contributed by atoms with E-state index in [0.29, 0.717) is 6.61 Å². The Morgan fingerprint density at radius 2 is 1.45 bits per heavy atom. The van der Waals surface area contributed by atoms with Crippen molar-refractivity contribution in [1.82, 2.24) is 0 Å². The predicted molar refractivity (Wildman–Crippen MR) is 74.1 cm³/mol. The number of carboxylic acids is 2. The van der Waals surface area contributed by atoms with Gasteiger partial charge in [-0.15, -0.1) is 0 Å². The van der Waals surface area contributed by atoms with Crippen LogP contribution in [0.2, 0.25) is 0 Å². The lowest BCUT2D eigenvalue weighted by Crippen LogP contribution is -2.51. The SMILES string of the molecule is CC(=O)O.CC(=O)O.CCOC1CC(O)C([N+](=O)[O-])C(O)C1. The minimum Gasteiger partial charge on any atom is -0.481 e. The summed E-state index contributed by atoms with van der Waals surface area (Å²) >= 11 is 0. The van der Waals surface area contributed by atoms with Gasteiger partial charge in [-0.05, 0) is 6.92 Å². The Hall–Kier alpha value is -1.78. The van der Waals surface area contributed by atoms with E-state index < -0.39 is 35.1 Å². The molecule has 0 radical (unpaired) electrons. The summed E-state index contributed by atoms with van der Waals surface area (Å²) in [5.74, 6) is -1.67. The van der Waals surface area contributed by atoms with Crippen molar-refractivity contribution in [2.75, 3.05) is 6.61 Å². The van der Waals surface area contributed by atoms with Crippen molar-refractivity contribution in [2.24, 2.45) is 0 Å². The van der Waals surface area contributed by atoms with E-state index in [1.807, 2.05) is 0 Å². The van der Waals surface area contributed by atoms with Gasteiger partial charge in [-0.2, -0.15) is 0 Å². The van der Waals surface area contributed by atoms with Crippen molar-refractivity contribution in [1.29, 1.82) is 0 Å². The molecule has 0 heterocycles. The molecule has 1 fully saturated rings. The van der Waals surface area contributed by atoms with Gasteiger partial charge in [0.15, 0.2) is 0 Å². The number of carbonyl (C=O) groups is 2. The molecule has 2 unspecified atom stereocenters. The molecule has 0 aromatic carbocycles. The van der Waals surface area contributed by atoms with Crippen molar-refractivity contribution in [2.45, 2.75) is 58.0 Å². The summed E-state index contributed by atoms with van der Waals surface area (Å²) in [5.41, 5.74) is 0. The summed E-state index contributed by atoms with van der Waals surface area (Å²) in [6, 6.07) is -1.27. The van der Waals surface area contributed by atoms with Gasteiger partial charge >= 0.3 is 0 Å². The van der Waals surface area contributed by atoms with E-state index in [4.69, 9.17) is 24.5 Å². The fourth-order valence-corrected chi connectivity index (χ4v) is 1.82. The smallest absolute Gasteiger partial charge is 0.300 e. The molecule has 0 spiro atoms. The lowest BCUT2D eigenvalue weighted by atomic mass is 9.88. The highest BCUT2D eigenvalue weighted by Gasteiger charge is 2.44. The van der Waals surface area contributed by atoms with Crippen molar-refractivity contribution in [3.05, 3.63) is 10.1 Å². The second-order valence-electron chi connectivity index (χ2n) is 4.50. The van der Waals surface area contributed by atoms with Crippen LogP contribution in [0.15, 0.2) is 0 Å². The number of ether oxygens (including phenoxy) is 1. The monoisotopic (exact) mass is 325 g/mol. The number of hydrogen-bond acceptors (Lipinski definition) is 7. The molecule has 2 atom stereocenters. The number of hydrogen-bond donors (Lipinski definition) is 4. The highest BCUT2D eigenvalue weighted by molar-refractivity contribution is 5.63. The van der Waals surface area contributed by atoms with E-state index in [2.05, 4.69) is 0 Å². The second kappa shape index (κ2) is 11.8. The van der Waals surface area contributed by atoms with Crippen molar-refractivity contribution < 1.29 is 39.7 Å². The summed E-state index contributed by atoms with van der Waals surface area (Å²) in [6.07, 6.45) is -2.08. The minimum atomic E-state index is -1.27. The minimum absolute atomic E-state index is 0.219. The summed E-state index contributed by atoms with van der Waals surface area (Å²) in [5, 5.41) is 44.2. The first-order valence-corrected chi connectivity index (χ1v) is 6.53. The van der Waals surface area contributed by atoms with Crippen LogP contribution in [-0.4, -0.2) is 68.2 Å². The number of carboxylic acid groups (broad SMARTS) is 2. The van der Waals surface area contributed by atoms with E-state index in [-0.39, 0.29) is 18.9 Å². The van der Waals surface area contributed by atoms with Crippen LogP contribution in [0.25, 0.3) is 0 Å². The third kappa shape index (κ3) is 12.0. The first-order chi connectivity index (χ1) is 10.0. The van der Waals surface area contributed by atoms with Crippen LogP contribution < -0.4 is 0 Å². The van der Waals surface area contributed by atoms with Crippen molar-refractivity contribution in [3.63, 3.8) is 0 Å². The van der Waals surface area contributed by atoms with Crippen LogP contribution in [0.5, 0.6) is 0 Å². The van der Waals surface area contributed by atoms with Gasteiger partial charge in [-0.1, -0.05) is 0 Å². The third-order valence-corrected chi connectivity index (χ3v) is 2.44. The first-order valence-electron chi connectivity index (χ1n) is 6.53. The molecule has 10 nitrogen and oxygen atoms in total. The molecular formula is C12H23NO9. The van der Waals surface area contributed by atoms with Gasteiger partial charge < -0.3 is 25.2 Å². The molecular weight excluding hydrogens is 302 g/mol. The number of rotatable bonds is 3. The highest BCUT2D eigenvalue weighted by Crippen LogP contribution is 2.24. The molecule has 4 N–H and O–H groups in total. The Morgan fingerprint density at radius 1 is 1.14 bits per heavy atom. The van der Waals surface area contributed by atoms with Crippen LogP contribution >= 0.6 is 0 Å². The Balaban J connectivity index is 0. The van der Waals surface area contributed by atoms with Gasteiger partial charge in [-0.25, -0.2) is 0 Å². The average molecular weight is 325 g/mol. The van der Waals surface area contributed by atoms with Crippen LogP contribution in [-0.2, 0) is 14.3 Å². The average Bonchev–Trinajstić information content (AvgIpc) is 2.25. The molecule has 1 aliphatic rings. The zero-order valence-electron chi connectivity index (χ0n) is 12.7. The first kappa shape index (κ1) is 22.5. The maximum atomic E-state index is 10.5. The molecule has 1 aliphatic carbocycles. The molecule has 10 heteroatoms. The van der Waals surface area contributed by atoms with Gasteiger partial charge in [-0.3, -0.25) is 19.7 Å². The predicted octanol–water partition coefficient (Wildman–Crippen LogP) is -0.266. The Bertz CT molecular complexity index is 329. The van der Waals surface area contributed by atoms with E-state index in [0.717, 1.165) is 13.8 Å². The third-order valence-electron chi connectivity index (χ3n) is 2.44. The zero-order valence-corrected chi connectivity index (χ0v) is 12.7. The normalized spacial score (nSPS) is 26.6. The van der Waals surface area contributed by atoms with Crippen LogP contribution in [0.1, 0.15) is 33.6 Å². The topological polar surface area (TPSA) is 167 Å². The van der Waals surface area contributed by atoms with E-state index in [1.54, 1.807) is 6.92 Å². The summed E-state index contributed by atoms with van der Waals surface area (Å²) in [6.45, 7) is 4.45. The summed E-state index contributed by atoms with van der Waals surface area (Å²) < 4.78 is 5.21. The lowest BCUT2D eigenvalue weighted by molar-refractivity contribution is -0.550.